The van der Waals surface area contributed by atoms with Gasteiger partial charge in [0.25, 0.3) is 0 Å². The van der Waals surface area contributed by atoms with Crippen LogP contribution < -0.4 is 10.2 Å². The number of carbonyl (C=O) groups is 2. The molecule has 1 heterocycles. The standard InChI is InChI=1S/C20H22N2O2S2/c1-15-6-4-7-16(12-15)21-19(23)13-25-14-20(24)22-10-5-11-26-18-9-3-2-8-17(18)22/h2-4,6-9,12H,5,10-11,13-14H2,1H3,(H,21,23). The number of aryl methyl sites for hydroxylation is 1. The van der Waals surface area contributed by atoms with Gasteiger partial charge in [-0.1, -0.05) is 24.3 Å². The Morgan fingerprint density at radius 2 is 2.00 bits per heavy atom. The number of amides is 2. The molecule has 0 unspecified atom stereocenters. The molecule has 6 heteroatoms. The van der Waals surface area contributed by atoms with E-state index in [1.165, 1.54) is 11.8 Å². The highest BCUT2D eigenvalue weighted by Gasteiger charge is 2.21. The van der Waals surface area contributed by atoms with Gasteiger partial charge in [0.2, 0.25) is 11.8 Å². The smallest absolute Gasteiger partial charge is 0.237 e. The van der Waals surface area contributed by atoms with Crippen molar-refractivity contribution in [1.82, 2.24) is 0 Å². The average Bonchev–Trinajstić information content (AvgIpc) is 2.84. The molecular formula is C20H22N2O2S2. The molecule has 2 aromatic rings. The summed E-state index contributed by atoms with van der Waals surface area (Å²) < 4.78 is 0. The lowest BCUT2D eigenvalue weighted by Crippen LogP contribution is -2.33. The molecule has 0 bridgehead atoms. The topological polar surface area (TPSA) is 49.4 Å². The van der Waals surface area contributed by atoms with Gasteiger partial charge in [-0.25, -0.2) is 0 Å². The van der Waals surface area contributed by atoms with Crippen LogP contribution in [0.4, 0.5) is 11.4 Å². The number of nitrogens with zero attached hydrogens (tertiary/aromatic N) is 1. The predicted octanol–water partition coefficient (Wildman–Crippen LogP) is 4.20. The molecule has 0 saturated carbocycles. The van der Waals surface area contributed by atoms with Gasteiger partial charge in [0.1, 0.15) is 0 Å². The molecule has 0 aromatic heterocycles. The van der Waals surface area contributed by atoms with Crippen molar-refractivity contribution in [2.24, 2.45) is 0 Å². The van der Waals surface area contributed by atoms with Gasteiger partial charge in [-0.05, 0) is 48.9 Å². The second-order valence-corrected chi connectivity index (χ2v) is 8.25. The Kier molecular flexibility index (Phi) is 6.63. The van der Waals surface area contributed by atoms with Crippen molar-refractivity contribution in [3.05, 3.63) is 54.1 Å². The molecule has 2 aromatic carbocycles. The fourth-order valence-corrected chi connectivity index (χ4v) is 4.50. The van der Waals surface area contributed by atoms with Gasteiger partial charge in [-0.2, -0.15) is 0 Å². The number of nitrogens with one attached hydrogen (secondary N) is 1. The predicted molar refractivity (Wildman–Crippen MR) is 111 cm³/mol. The second kappa shape index (κ2) is 9.14. The molecule has 0 atom stereocenters. The van der Waals surface area contributed by atoms with Crippen molar-refractivity contribution in [2.75, 3.05) is 34.0 Å². The first kappa shape index (κ1) is 18.9. The third-order valence-electron chi connectivity index (χ3n) is 4.00. The van der Waals surface area contributed by atoms with Crippen molar-refractivity contribution in [3.63, 3.8) is 0 Å². The molecule has 26 heavy (non-hydrogen) atoms. The third kappa shape index (κ3) is 5.05. The van der Waals surface area contributed by atoms with Crippen molar-refractivity contribution < 1.29 is 9.59 Å². The highest BCUT2D eigenvalue weighted by molar-refractivity contribution is 8.00. The Balaban J connectivity index is 1.52. The molecule has 0 fully saturated rings. The maximum Gasteiger partial charge on any atom is 0.237 e. The summed E-state index contributed by atoms with van der Waals surface area (Å²) in [7, 11) is 0. The van der Waals surface area contributed by atoms with Crippen LogP contribution in [-0.2, 0) is 9.59 Å². The summed E-state index contributed by atoms with van der Waals surface area (Å²) in [5, 5.41) is 2.87. The molecule has 0 radical (unpaired) electrons. The number of para-hydroxylation sites is 1. The normalized spacial score (nSPS) is 13.7. The fourth-order valence-electron chi connectivity index (χ4n) is 2.82. The van der Waals surface area contributed by atoms with Gasteiger partial charge < -0.3 is 10.2 Å². The van der Waals surface area contributed by atoms with Crippen LogP contribution in [0.3, 0.4) is 0 Å². The maximum absolute atomic E-state index is 12.7. The Labute approximate surface area is 162 Å². The molecule has 0 saturated heterocycles. The summed E-state index contributed by atoms with van der Waals surface area (Å²) in [6, 6.07) is 15.7. The highest BCUT2D eigenvalue weighted by Crippen LogP contribution is 2.33. The molecule has 4 nitrogen and oxygen atoms in total. The summed E-state index contributed by atoms with van der Waals surface area (Å²) >= 11 is 3.15. The number of fused-ring (bicyclic) bond motifs is 1. The van der Waals surface area contributed by atoms with E-state index in [-0.39, 0.29) is 17.6 Å². The van der Waals surface area contributed by atoms with Crippen molar-refractivity contribution in [1.29, 1.82) is 0 Å². The molecule has 0 aliphatic carbocycles. The van der Waals surface area contributed by atoms with Crippen molar-refractivity contribution in [3.8, 4) is 0 Å². The zero-order valence-electron chi connectivity index (χ0n) is 14.7. The van der Waals surface area contributed by atoms with Crippen LogP contribution >= 0.6 is 23.5 Å². The van der Waals surface area contributed by atoms with E-state index in [0.29, 0.717) is 5.75 Å². The minimum Gasteiger partial charge on any atom is -0.325 e. The molecule has 1 aliphatic heterocycles. The summed E-state index contributed by atoms with van der Waals surface area (Å²) in [4.78, 5) is 27.8. The lowest BCUT2D eigenvalue weighted by Gasteiger charge is -2.22. The van der Waals surface area contributed by atoms with E-state index >= 15 is 0 Å². The number of rotatable bonds is 5. The number of hydrogen-bond donors (Lipinski definition) is 1. The summed E-state index contributed by atoms with van der Waals surface area (Å²) in [6.07, 6.45) is 0.976. The molecule has 1 N–H and O–H groups in total. The number of carbonyl (C=O) groups excluding carboxylic acids is 2. The molecular weight excluding hydrogens is 364 g/mol. The van der Waals surface area contributed by atoms with Gasteiger partial charge in [0, 0.05) is 17.1 Å². The van der Waals surface area contributed by atoms with E-state index in [1.54, 1.807) is 11.8 Å². The molecule has 3 rings (SSSR count). The van der Waals surface area contributed by atoms with Gasteiger partial charge in [-0.3, -0.25) is 9.59 Å². The zero-order chi connectivity index (χ0) is 18.4. The van der Waals surface area contributed by atoms with E-state index in [0.717, 1.165) is 40.6 Å². The van der Waals surface area contributed by atoms with E-state index in [9.17, 15) is 9.59 Å². The number of thioether (sulfide) groups is 2. The SMILES string of the molecule is Cc1cccc(NC(=O)CSCC(=O)N2CCCSc3ccccc32)c1. The summed E-state index contributed by atoms with van der Waals surface area (Å²) in [5.41, 5.74) is 2.88. The summed E-state index contributed by atoms with van der Waals surface area (Å²) in [5.74, 6) is 1.57. The van der Waals surface area contributed by atoms with Crippen LogP contribution in [0.15, 0.2) is 53.4 Å². The first-order valence-corrected chi connectivity index (χ1v) is 10.7. The largest absolute Gasteiger partial charge is 0.325 e. The average molecular weight is 387 g/mol. The van der Waals surface area contributed by atoms with Crippen LogP contribution in [0.5, 0.6) is 0 Å². The Bertz CT molecular complexity index is 795. The van der Waals surface area contributed by atoms with Gasteiger partial charge in [0.15, 0.2) is 0 Å². The van der Waals surface area contributed by atoms with Crippen LogP contribution in [0.1, 0.15) is 12.0 Å². The monoisotopic (exact) mass is 386 g/mol. The lowest BCUT2D eigenvalue weighted by atomic mass is 10.2. The van der Waals surface area contributed by atoms with Gasteiger partial charge in [0.05, 0.1) is 17.2 Å². The lowest BCUT2D eigenvalue weighted by molar-refractivity contribution is -0.116. The fraction of sp³-hybridized carbons (Fsp3) is 0.300. The van der Waals surface area contributed by atoms with Crippen LogP contribution in [-0.4, -0.2) is 35.6 Å². The molecule has 0 spiro atoms. The van der Waals surface area contributed by atoms with Gasteiger partial charge in [-0.15, -0.1) is 23.5 Å². The van der Waals surface area contributed by atoms with Crippen LogP contribution in [0.25, 0.3) is 0 Å². The van der Waals surface area contributed by atoms with Crippen LogP contribution in [0, 0.1) is 6.92 Å². The van der Waals surface area contributed by atoms with E-state index in [4.69, 9.17) is 0 Å². The first-order chi connectivity index (χ1) is 12.6. The Morgan fingerprint density at radius 1 is 1.15 bits per heavy atom. The first-order valence-electron chi connectivity index (χ1n) is 8.60. The minimum absolute atomic E-state index is 0.0632. The number of anilines is 2. The van der Waals surface area contributed by atoms with Crippen molar-refractivity contribution >= 4 is 46.7 Å². The van der Waals surface area contributed by atoms with Gasteiger partial charge >= 0.3 is 0 Å². The minimum atomic E-state index is -0.0831. The molecule has 136 valence electrons. The zero-order valence-corrected chi connectivity index (χ0v) is 16.4. The quantitative estimate of drug-likeness (QED) is 0.837. The maximum atomic E-state index is 12.7. The molecule has 2 amide bonds. The van der Waals surface area contributed by atoms with E-state index in [2.05, 4.69) is 11.4 Å². The van der Waals surface area contributed by atoms with Crippen molar-refractivity contribution in [2.45, 2.75) is 18.2 Å². The van der Waals surface area contributed by atoms with Crippen LogP contribution in [0.2, 0.25) is 0 Å². The Hall–Kier alpha value is -1.92. The second-order valence-electron chi connectivity index (χ2n) is 6.13. The summed E-state index contributed by atoms with van der Waals surface area (Å²) in [6.45, 7) is 2.72. The molecule has 1 aliphatic rings. The van der Waals surface area contributed by atoms with E-state index in [1.807, 2.05) is 54.3 Å². The third-order valence-corrected chi connectivity index (χ3v) is 6.07. The number of benzene rings is 2. The van der Waals surface area contributed by atoms with E-state index < -0.39 is 0 Å². The number of hydrogen-bond acceptors (Lipinski definition) is 4. The highest BCUT2D eigenvalue weighted by atomic mass is 32.2. The Morgan fingerprint density at radius 3 is 2.85 bits per heavy atom.